The maximum atomic E-state index is 15.2. The predicted molar refractivity (Wildman–Crippen MR) is 280 cm³/mol. The summed E-state index contributed by atoms with van der Waals surface area (Å²) in [7, 11) is 0. The van der Waals surface area contributed by atoms with Gasteiger partial charge in [-0.25, -0.2) is 24.3 Å². The predicted octanol–water partition coefficient (Wildman–Crippen LogP) is 14.7. The van der Waals surface area contributed by atoms with Crippen LogP contribution < -0.4 is 4.90 Å². The minimum absolute atomic E-state index is 0.0469. The van der Waals surface area contributed by atoms with Gasteiger partial charge in [-0.3, -0.25) is 4.79 Å². The quantitative estimate of drug-likeness (QED) is 0.0813. The molecule has 2 heterocycles. The lowest BCUT2D eigenvalue weighted by molar-refractivity contribution is -0.162. The number of amides is 1. The fraction of sp³-hybridized carbons (Fsp3) is 0.754. The van der Waals surface area contributed by atoms with Gasteiger partial charge in [0.25, 0.3) is 5.91 Å². The van der Waals surface area contributed by atoms with Crippen molar-refractivity contribution < 1.29 is 14.3 Å². The monoisotopic (exact) mass is 924 g/mol. The van der Waals surface area contributed by atoms with Crippen LogP contribution >= 0.6 is 0 Å². The van der Waals surface area contributed by atoms with Crippen LogP contribution in [0.5, 0.6) is 0 Å². The first-order chi connectivity index (χ1) is 31.6. The van der Waals surface area contributed by atoms with Gasteiger partial charge in [0.05, 0.1) is 17.8 Å². The van der Waals surface area contributed by atoms with Crippen molar-refractivity contribution in [2.45, 2.75) is 212 Å². The Balaban J connectivity index is 2.00. The standard InChI is InChI=1S/C57H93N7O3/c1-18-24-28-40(22-5)37-63(38-41(23-6)29-25-19-2)42-30-31-46(43(36-42)52(65)62(32-26-20-3)33-27-21-4)59-51-48(58-17)47(50-60-54(57(14,15)16)61-64(50)51)53(66)67-49-44(55(8,9)10)34-39(7)35-45(49)56(11,12)13/h30-31,36,39-41,44-45,49H,18-29,32-35,37-38H2,1-16H3. The molecule has 0 N–H and O–H groups in total. The molecule has 10 heteroatoms. The number of unbranched alkanes of at least 4 members (excludes halogenated alkanes) is 4. The lowest BCUT2D eigenvalue weighted by atomic mass is 9.59. The second kappa shape index (κ2) is 24.5. The van der Waals surface area contributed by atoms with Gasteiger partial charge in [-0.2, -0.15) is 0 Å². The maximum absolute atomic E-state index is 15.2. The first-order valence-corrected chi connectivity index (χ1v) is 26.7. The molecular weight excluding hydrogens is 831 g/mol. The van der Waals surface area contributed by atoms with E-state index in [9.17, 15) is 0 Å². The molecule has 0 spiro atoms. The van der Waals surface area contributed by atoms with Crippen molar-refractivity contribution in [3.05, 3.63) is 52.5 Å². The van der Waals surface area contributed by atoms with E-state index in [0.717, 1.165) is 70.1 Å². The largest absolute Gasteiger partial charge is 0.459 e. The van der Waals surface area contributed by atoms with Gasteiger partial charge in [0.15, 0.2) is 17.5 Å². The summed E-state index contributed by atoms with van der Waals surface area (Å²) in [6.07, 6.45) is 14.6. The van der Waals surface area contributed by atoms with Crippen LogP contribution in [0.25, 0.3) is 10.4 Å². The van der Waals surface area contributed by atoms with Crippen LogP contribution in [0.4, 0.5) is 11.4 Å². The zero-order valence-electron chi connectivity index (χ0n) is 45.3. The first-order valence-electron chi connectivity index (χ1n) is 26.7. The van der Waals surface area contributed by atoms with Crippen LogP contribution in [-0.2, 0) is 14.9 Å². The van der Waals surface area contributed by atoms with Crippen molar-refractivity contribution in [2.75, 3.05) is 31.1 Å². The van der Waals surface area contributed by atoms with Crippen molar-refractivity contribution in [2.24, 2.45) is 45.4 Å². The molecule has 1 fully saturated rings. The molecule has 1 aromatic heterocycles. The third-order valence-electron chi connectivity index (χ3n) is 14.7. The van der Waals surface area contributed by atoms with Crippen LogP contribution in [0.15, 0.2) is 28.9 Å². The molecule has 1 aromatic carbocycles. The summed E-state index contributed by atoms with van der Waals surface area (Å²) < 4.78 is 8.35. The summed E-state index contributed by atoms with van der Waals surface area (Å²) in [5.41, 5.74) is 1.42. The number of aromatic nitrogens is 3. The number of allylic oxidation sites excluding steroid dienone is 1. The van der Waals surface area contributed by atoms with Gasteiger partial charge >= 0.3 is 5.97 Å². The van der Waals surface area contributed by atoms with Gasteiger partial charge in [0, 0.05) is 49.1 Å². The number of benzene rings is 1. The average molecular weight is 924 g/mol. The van der Waals surface area contributed by atoms with E-state index in [0.29, 0.717) is 47.9 Å². The molecule has 1 aliphatic carbocycles. The molecule has 4 unspecified atom stereocenters. The normalized spacial score (nSPS) is 20.4. The highest BCUT2D eigenvalue weighted by Gasteiger charge is 2.49. The Bertz CT molecular complexity index is 1990. The summed E-state index contributed by atoms with van der Waals surface area (Å²) >= 11 is 0. The second-order valence-electron chi connectivity index (χ2n) is 23.5. The summed E-state index contributed by atoms with van der Waals surface area (Å²) in [4.78, 5) is 49.1. The molecule has 2 aliphatic rings. The molecule has 67 heavy (non-hydrogen) atoms. The average Bonchev–Trinajstić information content (AvgIpc) is 3.83. The molecule has 1 aliphatic heterocycles. The number of esters is 1. The number of hydrogen-bond donors (Lipinski definition) is 0. The van der Waals surface area contributed by atoms with Crippen molar-refractivity contribution in [1.82, 2.24) is 19.7 Å². The summed E-state index contributed by atoms with van der Waals surface area (Å²) in [5.74, 6) is 2.16. The lowest BCUT2D eigenvalue weighted by Crippen LogP contribution is -2.49. The van der Waals surface area contributed by atoms with Gasteiger partial charge in [-0.05, 0) is 85.3 Å². The van der Waals surface area contributed by atoms with Gasteiger partial charge in [-0.1, -0.05) is 162 Å². The van der Waals surface area contributed by atoms with Gasteiger partial charge < -0.3 is 14.5 Å². The van der Waals surface area contributed by atoms with E-state index < -0.39 is 11.4 Å². The fourth-order valence-electron chi connectivity index (χ4n) is 10.2. The highest BCUT2D eigenvalue weighted by atomic mass is 16.5. The Morgan fingerprint density at radius 1 is 0.821 bits per heavy atom. The van der Waals surface area contributed by atoms with E-state index in [-0.39, 0.29) is 57.6 Å². The van der Waals surface area contributed by atoms with Crippen LogP contribution in [0, 0.1) is 47.0 Å². The molecule has 374 valence electrons. The van der Waals surface area contributed by atoms with E-state index >= 15 is 9.59 Å². The van der Waals surface area contributed by atoms with Gasteiger partial charge in [-0.15, -0.1) is 5.10 Å². The number of hydrogen-bond acceptors (Lipinski definition) is 7. The molecule has 4 rings (SSSR count). The summed E-state index contributed by atoms with van der Waals surface area (Å²) in [6.45, 7) is 47.2. The van der Waals surface area contributed by atoms with Crippen molar-refractivity contribution in [3.63, 3.8) is 0 Å². The Labute approximate surface area is 408 Å². The maximum Gasteiger partial charge on any atom is 0.331 e. The minimum atomic E-state index is -0.567. The van der Waals surface area contributed by atoms with Crippen molar-refractivity contribution >= 4 is 34.7 Å². The SMILES string of the molecule is [C-]#[N+]C1=C(C(=O)OC2C(C(C)(C)C)CC(C)CC2C(C)(C)C)c2nc(C(C)(C)C)nn2C1=Nc1ccc(N(CC(CC)CCCC)CC(CC)CCCC)cc1C(=O)N(CCCC)CCCC. The van der Waals surface area contributed by atoms with Crippen molar-refractivity contribution in [3.8, 4) is 0 Å². The number of anilines is 1. The molecule has 0 radical (unpaired) electrons. The van der Waals surface area contributed by atoms with Crippen LogP contribution in [0.3, 0.4) is 0 Å². The number of fused-ring (bicyclic) bond motifs is 1. The summed E-state index contributed by atoms with van der Waals surface area (Å²) in [6, 6.07) is 6.16. The Kier molecular flexibility index (Phi) is 20.3. The third kappa shape index (κ3) is 14.3. The highest BCUT2D eigenvalue weighted by molar-refractivity contribution is 6.29. The first kappa shape index (κ1) is 55.6. The molecule has 10 nitrogen and oxygen atoms in total. The summed E-state index contributed by atoms with van der Waals surface area (Å²) in [5, 5.41) is 4.98. The number of carbonyl (C=O) groups is 2. The number of carbonyl (C=O) groups excluding carboxylic acids is 2. The topological polar surface area (TPSA) is 97.3 Å². The number of ether oxygens (including phenoxy) is 1. The van der Waals surface area contributed by atoms with E-state index in [1.165, 1.54) is 38.5 Å². The van der Waals surface area contributed by atoms with E-state index in [1.54, 1.807) is 4.68 Å². The molecular formula is C57H93N7O3. The van der Waals surface area contributed by atoms with Crippen molar-refractivity contribution in [1.29, 1.82) is 0 Å². The minimum Gasteiger partial charge on any atom is -0.459 e. The van der Waals surface area contributed by atoms with Gasteiger partial charge in [0.1, 0.15) is 11.7 Å². The van der Waals surface area contributed by atoms with Crippen LogP contribution in [0.1, 0.15) is 223 Å². The molecule has 0 saturated heterocycles. The Morgan fingerprint density at radius 2 is 1.34 bits per heavy atom. The highest BCUT2D eigenvalue weighted by Crippen LogP contribution is 2.50. The Hall–Kier alpha value is -4.00. The van der Waals surface area contributed by atoms with Crippen LogP contribution in [0.2, 0.25) is 0 Å². The fourth-order valence-corrected chi connectivity index (χ4v) is 10.2. The molecule has 1 amide bonds. The molecule has 0 bridgehead atoms. The van der Waals surface area contributed by atoms with E-state index in [2.05, 4.69) is 112 Å². The Morgan fingerprint density at radius 3 is 1.79 bits per heavy atom. The number of rotatable bonds is 23. The molecule has 1 saturated carbocycles. The molecule has 2 aromatic rings. The number of aliphatic imine (C=N–C) groups is 1. The zero-order chi connectivity index (χ0) is 49.9. The second-order valence-corrected chi connectivity index (χ2v) is 23.5. The molecule has 4 atom stereocenters. The van der Waals surface area contributed by atoms with Gasteiger partial charge in [0.2, 0.25) is 5.70 Å². The van der Waals surface area contributed by atoms with E-state index in [4.69, 9.17) is 26.4 Å². The smallest absolute Gasteiger partial charge is 0.331 e. The van der Waals surface area contributed by atoms with Crippen LogP contribution in [-0.4, -0.2) is 69.7 Å². The lowest BCUT2D eigenvalue weighted by Gasteiger charge is -2.50. The van der Waals surface area contributed by atoms with E-state index in [1.807, 2.05) is 31.7 Å². The zero-order valence-corrected chi connectivity index (χ0v) is 45.3. The third-order valence-corrected chi connectivity index (χ3v) is 14.7. The number of nitrogens with zero attached hydrogens (tertiary/aromatic N) is 7.